The summed E-state index contributed by atoms with van der Waals surface area (Å²) in [6.07, 6.45) is 0. The number of hydrogen-bond acceptors (Lipinski definition) is 9. The van der Waals surface area contributed by atoms with E-state index in [1.54, 1.807) is 6.92 Å². The minimum absolute atomic E-state index is 0. The number of hydrogen-bond donors (Lipinski definition) is 1. The van der Waals surface area contributed by atoms with Crippen molar-refractivity contribution in [3.05, 3.63) is 0 Å². The third-order valence-electron chi connectivity index (χ3n) is 0.194. The normalized spacial score (nSPS) is 10.1. The summed E-state index contributed by atoms with van der Waals surface area (Å²) < 4.78 is 61.5. The van der Waals surface area contributed by atoms with Gasteiger partial charge in [-0.3, -0.25) is 0 Å². The molecule has 13 heteroatoms. The van der Waals surface area contributed by atoms with Crippen LogP contribution >= 0.6 is 0 Å². The Bertz CT molecular complexity index is 273. The second-order valence-corrected chi connectivity index (χ2v) is 3.17. The van der Waals surface area contributed by atoms with E-state index in [0.29, 0.717) is 0 Å². The molecule has 0 aromatic carbocycles. The van der Waals surface area contributed by atoms with Gasteiger partial charge in [0.2, 0.25) is 20.8 Å². The van der Waals surface area contributed by atoms with Crippen molar-refractivity contribution in [2.45, 2.75) is 6.92 Å². The predicted octanol–water partition coefficient (Wildman–Crippen LogP) is -8.14. The molecule has 15 heavy (non-hydrogen) atoms. The summed E-state index contributed by atoms with van der Waals surface area (Å²) >= 11 is 0. The van der Waals surface area contributed by atoms with Crippen molar-refractivity contribution < 1.29 is 98.8 Å². The largest absolute Gasteiger partial charge is 1.00 e. The van der Waals surface area contributed by atoms with E-state index in [1.807, 2.05) is 0 Å². The summed E-state index contributed by atoms with van der Waals surface area (Å²) in [5.74, 6) is 0. The van der Waals surface area contributed by atoms with Crippen LogP contribution in [0.5, 0.6) is 0 Å². The van der Waals surface area contributed by atoms with Crippen molar-refractivity contribution in [3.8, 4) is 0 Å². The minimum Gasteiger partial charge on any atom is -0.724 e. The molecule has 1 N–H and O–H groups in total. The van der Waals surface area contributed by atoms with Gasteiger partial charge in [-0.1, -0.05) is 0 Å². The fourth-order valence-electron chi connectivity index (χ4n) is 0.0680. The van der Waals surface area contributed by atoms with E-state index in [0.717, 1.165) is 0 Å². The molecule has 0 aliphatic heterocycles. The first kappa shape index (κ1) is 25.5. The van der Waals surface area contributed by atoms with E-state index in [9.17, 15) is 25.9 Å². The molecular formula is C2H6Na2O9S2. The zero-order valence-electron chi connectivity index (χ0n) is 8.24. The van der Waals surface area contributed by atoms with Gasteiger partial charge in [-0.25, -0.2) is 16.8 Å². The fourth-order valence-corrected chi connectivity index (χ4v) is 0.612. The SMILES string of the molecule is CCO.O=S(=O)([O-])OOS(=O)(=O)[O-].[Na+].[Na+]. The molecule has 0 aliphatic rings. The van der Waals surface area contributed by atoms with Crippen LogP contribution in [0.15, 0.2) is 0 Å². The molecule has 0 aromatic rings. The molecular weight excluding hydrogens is 278 g/mol. The topological polar surface area (TPSA) is 153 Å². The first-order valence-electron chi connectivity index (χ1n) is 2.52. The maximum absolute atomic E-state index is 9.37. The first-order chi connectivity index (χ1) is 5.62. The molecule has 0 radical (unpaired) electrons. The number of aliphatic hydroxyl groups excluding tert-OH is 1. The van der Waals surface area contributed by atoms with Crippen LogP contribution in [-0.2, 0) is 29.5 Å². The van der Waals surface area contributed by atoms with E-state index >= 15 is 0 Å². The standard InChI is InChI=1S/C2H6O.2Na.H2O8S2/c1-2-3;;;1-9(2,3)7-8-10(4,5)6/h3H,2H2,1H3;;;(H,1,2,3)(H,4,5,6)/q;2*+1;/p-2. The van der Waals surface area contributed by atoms with E-state index in [4.69, 9.17) is 5.11 Å². The third-order valence-corrected chi connectivity index (χ3v) is 0.750. The van der Waals surface area contributed by atoms with Crippen molar-refractivity contribution in [1.82, 2.24) is 0 Å². The monoisotopic (exact) mass is 284 g/mol. The quantitative estimate of drug-likeness (QED) is 0.175. The molecule has 0 rings (SSSR count). The van der Waals surface area contributed by atoms with Crippen LogP contribution in [0.4, 0.5) is 0 Å². The first-order valence-corrected chi connectivity index (χ1v) is 5.19. The van der Waals surface area contributed by atoms with Crippen molar-refractivity contribution in [2.75, 3.05) is 6.61 Å². The van der Waals surface area contributed by atoms with Crippen LogP contribution in [0.3, 0.4) is 0 Å². The van der Waals surface area contributed by atoms with Crippen molar-refractivity contribution in [1.29, 1.82) is 0 Å². The second kappa shape index (κ2) is 12.2. The van der Waals surface area contributed by atoms with Gasteiger partial charge in [-0.05, 0) is 6.92 Å². The molecule has 82 valence electrons. The Morgan fingerprint density at radius 2 is 1.13 bits per heavy atom. The third kappa shape index (κ3) is 38.9. The van der Waals surface area contributed by atoms with E-state index in [-0.39, 0.29) is 65.7 Å². The van der Waals surface area contributed by atoms with Crippen LogP contribution < -0.4 is 59.1 Å². The molecule has 0 bridgehead atoms. The van der Waals surface area contributed by atoms with E-state index in [2.05, 4.69) is 8.67 Å². The molecule has 0 amide bonds. The van der Waals surface area contributed by atoms with Crippen LogP contribution in [0.1, 0.15) is 6.92 Å². The molecule has 0 saturated heterocycles. The van der Waals surface area contributed by atoms with E-state index < -0.39 is 20.8 Å². The van der Waals surface area contributed by atoms with Gasteiger partial charge >= 0.3 is 59.1 Å². The van der Waals surface area contributed by atoms with Crippen molar-refractivity contribution in [3.63, 3.8) is 0 Å². The zero-order valence-corrected chi connectivity index (χ0v) is 13.9. The summed E-state index contributed by atoms with van der Waals surface area (Å²) in [6, 6.07) is 0. The Hall–Kier alpha value is 1.70. The van der Waals surface area contributed by atoms with Crippen molar-refractivity contribution >= 4 is 20.8 Å². The summed E-state index contributed by atoms with van der Waals surface area (Å²) in [5.41, 5.74) is 0. The van der Waals surface area contributed by atoms with Crippen LogP contribution in [0, 0.1) is 0 Å². The van der Waals surface area contributed by atoms with Crippen LogP contribution in [0.25, 0.3) is 0 Å². The smallest absolute Gasteiger partial charge is 0.724 e. The maximum atomic E-state index is 9.37. The number of rotatable bonds is 3. The Labute approximate surface area is 132 Å². The molecule has 0 heterocycles. The molecule has 0 unspecified atom stereocenters. The number of aliphatic hydroxyl groups is 1. The summed E-state index contributed by atoms with van der Waals surface area (Å²) in [4.78, 5) is 0. The summed E-state index contributed by atoms with van der Waals surface area (Å²) in [7, 11) is -10.6. The van der Waals surface area contributed by atoms with Gasteiger partial charge in [0, 0.05) is 6.61 Å². The molecule has 0 spiro atoms. The van der Waals surface area contributed by atoms with Gasteiger partial charge in [-0.15, -0.1) is 8.67 Å². The van der Waals surface area contributed by atoms with Crippen LogP contribution in [0.2, 0.25) is 0 Å². The van der Waals surface area contributed by atoms with Gasteiger partial charge in [-0.2, -0.15) is 0 Å². The average molecular weight is 284 g/mol. The van der Waals surface area contributed by atoms with Gasteiger partial charge in [0.15, 0.2) is 0 Å². The molecule has 0 aromatic heterocycles. The fraction of sp³-hybridized carbons (Fsp3) is 1.00. The predicted molar refractivity (Wildman–Crippen MR) is 34.3 cm³/mol. The average Bonchev–Trinajstić information content (AvgIpc) is 1.82. The Morgan fingerprint density at radius 3 is 1.20 bits per heavy atom. The molecule has 0 aliphatic carbocycles. The van der Waals surface area contributed by atoms with Crippen LogP contribution in [-0.4, -0.2) is 37.7 Å². The molecule has 9 nitrogen and oxygen atoms in total. The van der Waals surface area contributed by atoms with Crippen molar-refractivity contribution in [2.24, 2.45) is 0 Å². The van der Waals surface area contributed by atoms with Gasteiger partial charge in [0.25, 0.3) is 0 Å². The van der Waals surface area contributed by atoms with Gasteiger partial charge in [0.1, 0.15) is 0 Å². The molecule has 0 atom stereocenters. The van der Waals surface area contributed by atoms with Gasteiger partial charge in [0.05, 0.1) is 0 Å². The second-order valence-electron chi connectivity index (χ2n) is 1.27. The molecule has 0 fully saturated rings. The zero-order chi connectivity index (χ0) is 11.1. The summed E-state index contributed by atoms with van der Waals surface area (Å²) in [5, 5.41) is 7.57. The maximum Gasteiger partial charge on any atom is 1.00 e. The Kier molecular flexibility index (Phi) is 20.7. The van der Waals surface area contributed by atoms with Gasteiger partial charge < -0.3 is 14.2 Å². The Morgan fingerprint density at radius 1 is 1.00 bits per heavy atom. The van der Waals surface area contributed by atoms with E-state index in [1.165, 1.54) is 0 Å². The minimum atomic E-state index is -5.31. The molecule has 0 saturated carbocycles. The summed E-state index contributed by atoms with van der Waals surface area (Å²) in [6.45, 7) is 1.93. The Balaban J connectivity index is -0.000000108.